The molecule has 2 nitrogen and oxygen atoms in total. The number of benzene rings is 1. The summed E-state index contributed by atoms with van der Waals surface area (Å²) in [7, 11) is 1.82. The van der Waals surface area contributed by atoms with Crippen molar-refractivity contribution in [2.24, 2.45) is 0 Å². The number of hydrogen-bond donors (Lipinski definition) is 0. The van der Waals surface area contributed by atoms with Crippen LogP contribution in [-0.2, 0) is 4.79 Å². The minimum atomic E-state index is -0.0197. The average molecular weight is 187 g/mol. The number of rotatable bonds is 2. The van der Waals surface area contributed by atoms with Gasteiger partial charge in [-0.2, -0.15) is 0 Å². The van der Waals surface area contributed by atoms with Crippen LogP contribution in [0, 0.1) is 0 Å². The van der Waals surface area contributed by atoms with Crippen LogP contribution in [0.2, 0.25) is 0 Å². The van der Waals surface area contributed by atoms with Crippen molar-refractivity contribution in [1.29, 1.82) is 0 Å². The Morgan fingerprint density at radius 2 is 2.21 bits per heavy atom. The van der Waals surface area contributed by atoms with Gasteiger partial charge >= 0.3 is 0 Å². The maximum atomic E-state index is 11.8. The summed E-state index contributed by atoms with van der Waals surface area (Å²) < 4.78 is 0. The van der Waals surface area contributed by atoms with Crippen LogP contribution < -0.4 is 4.90 Å². The van der Waals surface area contributed by atoms with Gasteiger partial charge in [-0.05, 0) is 18.1 Å². The Balaban J connectivity index is 2.47. The van der Waals surface area contributed by atoms with Crippen LogP contribution in [0.1, 0.15) is 17.9 Å². The van der Waals surface area contributed by atoms with Crippen molar-refractivity contribution in [3.8, 4) is 0 Å². The molecular weight excluding hydrogens is 174 g/mol. The first-order chi connectivity index (χ1) is 6.75. The Kier molecular flexibility index (Phi) is 2.12. The van der Waals surface area contributed by atoms with Crippen LogP contribution in [0.3, 0.4) is 0 Å². The van der Waals surface area contributed by atoms with E-state index in [1.54, 1.807) is 11.0 Å². The Morgan fingerprint density at radius 3 is 2.93 bits per heavy atom. The van der Waals surface area contributed by atoms with Crippen molar-refractivity contribution < 1.29 is 4.79 Å². The zero-order valence-corrected chi connectivity index (χ0v) is 8.23. The van der Waals surface area contributed by atoms with E-state index in [0.29, 0.717) is 0 Å². The summed E-state index contributed by atoms with van der Waals surface area (Å²) in [6.45, 7) is 3.69. The van der Waals surface area contributed by atoms with Gasteiger partial charge in [-0.25, -0.2) is 0 Å². The van der Waals surface area contributed by atoms with Gasteiger partial charge in [0.2, 0.25) is 5.91 Å². The van der Waals surface area contributed by atoms with Crippen LogP contribution in [0.4, 0.5) is 5.69 Å². The fourth-order valence-electron chi connectivity index (χ4n) is 1.97. The van der Waals surface area contributed by atoms with Crippen LogP contribution in [0.15, 0.2) is 36.9 Å². The Morgan fingerprint density at radius 1 is 1.50 bits per heavy atom. The lowest BCUT2D eigenvalue weighted by atomic mass is 9.97. The molecular formula is C12H13NO. The maximum Gasteiger partial charge on any atom is 0.234 e. The van der Waals surface area contributed by atoms with Crippen molar-refractivity contribution in [1.82, 2.24) is 0 Å². The van der Waals surface area contributed by atoms with Gasteiger partial charge in [0.05, 0.1) is 5.92 Å². The Hall–Kier alpha value is -1.57. The molecule has 0 bridgehead atoms. The van der Waals surface area contributed by atoms with Gasteiger partial charge in [0.25, 0.3) is 0 Å². The fraction of sp³-hybridized carbons (Fsp3) is 0.250. The predicted molar refractivity (Wildman–Crippen MR) is 57.4 cm³/mol. The summed E-state index contributed by atoms with van der Waals surface area (Å²) in [5.41, 5.74) is 2.16. The molecule has 1 aliphatic rings. The number of nitrogens with zero attached hydrogens (tertiary/aromatic N) is 1. The number of amides is 1. The highest BCUT2D eigenvalue weighted by Crippen LogP contribution is 2.37. The molecule has 1 aliphatic heterocycles. The number of fused-ring (bicyclic) bond motifs is 1. The zero-order valence-electron chi connectivity index (χ0n) is 8.23. The third-order valence-corrected chi connectivity index (χ3v) is 2.70. The molecule has 0 fully saturated rings. The minimum absolute atomic E-state index is 0.0197. The second-order valence-electron chi connectivity index (χ2n) is 3.53. The summed E-state index contributed by atoms with van der Waals surface area (Å²) in [6, 6.07) is 7.93. The van der Waals surface area contributed by atoms with Crippen molar-refractivity contribution in [3.63, 3.8) is 0 Å². The molecule has 1 aromatic rings. The second-order valence-corrected chi connectivity index (χ2v) is 3.53. The smallest absolute Gasteiger partial charge is 0.234 e. The topological polar surface area (TPSA) is 20.3 Å². The van der Waals surface area contributed by atoms with Crippen molar-refractivity contribution in [2.75, 3.05) is 11.9 Å². The van der Waals surface area contributed by atoms with Gasteiger partial charge in [-0.3, -0.25) is 4.79 Å². The molecule has 1 heterocycles. The molecule has 1 unspecified atom stereocenters. The largest absolute Gasteiger partial charge is 0.315 e. The van der Waals surface area contributed by atoms with E-state index in [-0.39, 0.29) is 11.8 Å². The van der Waals surface area contributed by atoms with E-state index in [0.717, 1.165) is 17.7 Å². The van der Waals surface area contributed by atoms with E-state index in [1.165, 1.54) is 0 Å². The Labute approximate surface area is 83.8 Å². The summed E-state index contributed by atoms with van der Waals surface area (Å²) in [5.74, 6) is 0.153. The summed E-state index contributed by atoms with van der Waals surface area (Å²) in [5, 5.41) is 0. The molecule has 72 valence electrons. The molecule has 2 heteroatoms. The number of carbonyl (C=O) groups excluding carboxylic acids is 1. The molecule has 1 aromatic carbocycles. The summed E-state index contributed by atoms with van der Waals surface area (Å²) in [4.78, 5) is 13.6. The normalized spacial score (nSPS) is 19.6. The first-order valence-electron chi connectivity index (χ1n) is 4.73. The van der Waals surface area contributed by atoms with Gasteiger partial charge in [0, 0.05) is 12.7 Å². The lowest BCUT2D eigenvalue weighted by Crippen LogP contribution is -2.23. The molecule has 0 aliphatic carbocycles. The van der Waals surface area contributed by atoms with Gasteiger partial charge in [0.1, 0.15) is 0 Å². The van der Waals surface area contributed by atoms with Gasteiger partial charge in [-0.1, -0.05) is 24.3 Å². The molecule has 0 radical (unpaired) electrons. The quantitative estimate of drug-likeness (QED) is 0.651. The van der Waals surface area contributed by atoms with Crippen LogP contribution >= 0.6 is 0 Å². The molecule has 1 amide bonds. The first-order valence-corrected chi connectivity index (χ1v) is 4.73. The van der Waals surface area contributed by atoms with Crippen molar-refractivity contribution >= 4 is 11.6 Å². The molecule has 0 spiro atoms. The molecule has 0 N–H and O–H groups in total. The lowest BCUT2D eigenvalue weighted by Gasteiger charge is -2.09. The highest BCUT2D eigenvalue weighted by Gasteiger charge is 2.33. The predicted octanol–water partition coefficient (Wildman–Crippen LogP) is 2.32. The highest BCUT2D eigenvalue weighted by atomic mass is 16.2. The monoisotopic (exact) mass is 187 g/mol. The average Bonchev–Trinajstić information content (AvgIpc) is 2.45. The van der Waals surface area contributed by atoms with Gasteiger partial charge in [0.15, 0.2) is 0 Å². The third kappa shape index (κ3) is 1.15. The molecule has 1 atom stereocenters. The molecule has 0 saturated heterocycles. The van der Waals surface area contributed by atoms with Gasteiger partial charge < -0.3 is 4.90 Å². The van der Waals surface area contributed by atoms with Crippen LogP contribution in [0.5, 0.6) is 0 Å². The standard InChI is InChI=1S/C12H13NO/c1-3-6-10-9-7-4-5-8-11(9)13(2)12(10)14/h3-5,7-8,10H,1,6H2,2H3. The Bertz CT molecular complexity index is 384. The number of para-hydroxylation sites is 1. The van der Waals surface area contributed by atoms with E-state index >= 15 is 0 Å². The van der Waals surface area contributed by atoms with Crippen LogP contribution in [0.25, 0.3) is 0 Å². The van der Waals surface area contributed by atoms with Crippen molar-refractivity contribution in [2.45, 2.75) is 12.3 Å². The lowest BCUT2D eigenvalue weighted by molar-refractivity contribution is -0.118. The zero-order chi connectivity index (χ0) is 10.1. The summed E-state index contributed by atoms with van der Waals surface area (Å²) >= 11 is 0. The van der Waals surface area contributed by atoms with Gasteiger partial charge in [-0.15, -0.1) is 6.58 Å². The van der Waals surface area contributed by atoms with Crippen molar-refractivity contribution in [3.05, 3.63) is 42.5 Å². The van der Waals surface area contributed by atoms with E-state index in [2.05, 4.69) is 6.58 Å². The molecule has 0 aromatic heterocycles. The number of allylic oxidation sites excluding steroid dienone is 1. The van der Waals surface area contributed by atoms with E-state index in [1.807, 2.05) is 31.3 Å². The molecule has 14 heavy (non-hydrogen) atoms. The van der Waals surface area contributed by atoms with E-state index < -0.39 is 0 Å². The number of hydrogen-bond acceptors (Lipinski definition) is 1. The number of likely N-dealkylation sites (N-methyl/N-ethyl adjacent to an activating group) is 1. The second kappa shape index (κ2) is 3.29. The third-order valence-electron chi connectivity index (χ3n) is 2.70. The SMILES string of the molecule is C=CCC1C(=O)N(C)c2ccccc21. The number of carbonyl (C=O) groups is 1. The molecule has 0 saturated carbocycles. The maximum absolute atomic E-state index is 11.8. The highest BCUT2D eigenvalue weighted by molar-refractivity contribution is 6.04. The molecule has 2 rings (SSSR count). The first kappa shape index (κ1) is 9.00. The summed E-state index contributed by atoms with van der Waals surface area (Å²) in [6.07, 6.45) is 2.53. The van der Waals surface area contributed by atoms with E-state index in [9.17, 15) is 4.79 Å². The van der Waals surface area contributed by atoms with Crippen LogP contribution in [-0.4, -0.2) is 13.0 Å². The minimum Gasteiger partial charge on any atom is -0.315 e. The van der Waals surface area contributed by atoms with E-state index in [4.69, 9.17) is 0 Å². The fourth-order valence-corrected chi connectivity index (χ4v) is 1.97. The number of anilines is 1.